The lowest BCUT2D eigenvalue weighted by Crippen LogP contribution is -2.33. The van der Waals surface area contributed by atoms with Crippen LogP contribution in [0.1, 0.15) is 30.1 Å². The van der Waals surface area contributed by atoms with Crippen LogP contribution in [-0.2, 0) is 6.42 Å². The Morgan fingerprint density at radius 1 is 1.17 bits per heavy atom. The zero-order chi connectivity index (χ0) is 21.5. The number of pyridine rings is 1. The van der Waals surface area contributed by atoms with Crippen LogP contribution in [0.25, 0.3) is 5.65 Å². The first-order chi connectivity index (χ1) is 14.3. The monoisotopic (exact) mass is 441 g/mol. The van der Waals surface area contributed by atoms with E-state index in [1.54, 1.807) is 19.2 Å². The van der Waals surface area contributed by atoms with Gasteiger partial charge in [0.2, 0.25) is 0 Å². The van der Waals surface area contributed by atoms with Gasteiger partial charge in [0.05, 0.1) is 12.8 Å². The molecule has 1 saturated heterocycles. The Morgan fingerprint density at radius 2 is 1.90 bits per heavy atom. The normalized spacial score (nSPS) is 15.7. The average molecular weight is 442 g/mol. The van der Waals surface area contributed by atoms with Crippen LogP contribution in [0, 0.1) is 5.82 Å². The highest BCUT2D eigenvalue weighted by Crippen LogP contribution is 2.38. The van der Waals surface area contributed by atoms with Crippen molar-refractivity contribution in [3.63, 3.8) is 0 Å². The maximum absolute atomic E-state index is 13.7. The SMILES string of the molecule is [11CH3]Oc1ccc(F)cc1C1CCN(c2ccn3c(CC(F)(F)F)nnc3c2Cl)CC1. The van der Waals surface area contributed by atoms with Gasteiger partial charge in [0.1, 0.15) is 28.8 Å². The molecule has 0 atom stereocenters. The molecule has 2 aromatic heterocycles. The number of hydrogen-bond acceptors (Lipinski definition) is 4. The van der Waals surface area contributed by atoms with Crippen LogP contribution in [0.5, 0.6) is 5.75 Å². The van der Waals surface area contributed by atoms with Crippen molar-refractivity contribution < 1.29 is 22.3 Å². The summed E-state index contributed by atoms with van der Waals surface area (Å²) in [4.78, 5) is 2.06. The second-order valence-electron chi connectivity index (χ2n) is 7.26. The van der Waals surface area contributed by atoms with E-state index in [0.29, 0.717) is 24.5 Å². The summed E-state index contributed by atoms with van der Waals surface area (Å²) in [5, 5.41) is 7.76. The lowest BCUT2D eigenvalue weighted by molar-refractivity contribution is -0.128. The molecule has 1 aromatic carbocycles. The lowest BCUT2D eigenvalue weighted by atomic mass is 9.88. The molecule has 0 aliphatic carbocycles. The Morgan fingerprint density at radius 3 is 2.57 bits per heavy atom. The first-order valence-corrected chi connectivity index (χ1v) is 9.82. The third-order valence-corrected chi connectivity index (χ3v) is 5.76. The highest BCUT2D eigenvalue weighted by atomic mass is 35.5. The van der Waals surface area contributed by atoms with Gasteiger partial charge < -0.3 is 9.64 Å². The molecule has 4 rings (SSSR count). The number of fused-ring (bicyclic) bond motifs is 1. The molecule has 1 aliphatic heterocycles. The summed E-state index contributed by atoms with van der Waals surface area (Å²) in [6.45, 7) is 1.31. The summed E-state index contributed by atoms with van der Waals surface area (Å²) in [5.41, 5.74) is 1.73. The van der Waals surface area contributed by atoms with Gasteiger partial charge >= 0.3 is 6.18 Å². The van der Waals surface area contributed by atoms with Gasteiger partial charge in [-0.2, -0.15) is 13.2 Å². The molecule has 0 bridgehead atoms. The van der Waals surface area contributed by atoms with Gasteiger partial charge in [0, 0.05) is 24.8 Å². The Labute approximate surface area is 175 Å². The zero-order valence-corrected chi connectivity index (χ0v) is 16.8. The van der Waals surface area contributed by atoms with Crippen molar-refractivity contribution in [2.75, 3.05) is 25.1 Å². The fourth-order valence-corrected chi connectivity index (χ4v) is 4.27. The van der Waals surface area contributed by atoms with E-state index in [2.05, 4.69) is 15.1 Å². The zero-order valence-electron chi connectivity index (χ0n) is 16.1. The molecule has 0 unspecified atom stereocenters. The number of nitrogens with zero attached hydrogens (tertiary/aromatic N) is 4. The summed E-state index contributed by atoms with van der Waals surface area (Å²) < 4.78 is 58.5. The topological polar surface area (TPSA) is 42.7 Å². The largest absolute Gasteiger partial charge is 0.496 e. The van der Waals surface area contributed by atoms with Crippen molar-refractivity contribution in [3.05, 3.63) is 52.7 Å². The predicted molar refractivity (Wildman–Crippen MR) is 105 cm³/mol. The second-order valence-corrected chi connectivity index (χ2v) is 7.64. The molecular weight excluding hydrogens is 423 g/mol. The van der Waals surface area contributed by atoms with Crippen LogP contribution in [-0.4, -0.2) is 41.0 Å². The van der Waals surface area contributed by atoms with Crippen molar-refractivity contribution in [1.82, 2.24) is 14.6 Å². The number of piperidine rings is 1. The predicted octanol–water partition coefficient (Wildman–Crippen LogP) is 5.02. The Kier molecular flexibility index (Phi) is 5.48. The van der Waals surface area contributed by atoms with Crippen LogP contribution in [0.3, 0.4) is 0 Å². The minimum absolute atomic E-state index is 0.140. The van der Waals surface area contributed by atoms with Crippen LogP contribution >= 0.6 is 11.6 Å². The van der Waals surface area contributed by atoms with E-state index in [4.69, 9.17) is 16.3 Å². The summed E-state index contributed by atoms with van der Waals surface area (Å²) in [7, 11) is 1.56. The lowest BCUT2D eigenvalue weighted by Gasteiger charge is -2.34. The fraction of sp³-hybridized carbons (Fsp3) is 0.400. The van der Waals surface area contributed by atoms with E-state index in [0.717, 1.165) is 18.4 Å². The van der Waals surface area contributed by atoms with Gasteiger partial charge in [0.25, 0.3) is 0 Å². The van der Waals surface area contributed by atoms with Crippen molar-refractivity contribution in [2.24, 2.45) is 0 Å². The van der Waals surface area contributed by atoms with Gasteiger partial charge in [0.15, 0.2) is 5.65 Å². The number of anilines is 1. The molecule has 3 heterocycles. The summed E-state index contributed by atoms with van der Waals surface area (Å²) in [6, 6.07) is 6.20. The fourth-order valence-electron chi connectivity index (χ4n) is 3.96. The van der Waals surface area contributed by atoms with Crippen molar-refractivity contribution in [1.29, 1.82) is 0 Å². The quantitative estimate of drug-likeness (QED) is 0.533. The number of ether oxygens (including phenoxy) is 1. The molecule has 160 valence electrons. The number of methoxy groups -OCH3 is 1. The highest BCUT2D eigenvalue weighted by molar-refractivity contribution is 6.36. The maximum Gasteiger partial charge on any atom is 0.396 e. The van der Waals surface area contributed by atoms with Crippen molar-refractivity contribution >= 4 is 22.9 Å². The van der Waals surface area contributed by atoms with E-state index in [1.807, 2.05) is 0 Å². The Hall–Kier alpha value is -2.55. The van der Waals surface area contributed by atoms with E-state index in [1.165, 1.54) is 22.7 Å². The highest BCUT2D eigenvalue weighted by Gasteiger charge is 2.31. The minimum atomic E-state index is -4.38. The molecule has 30 heavy (non-hydrogen) atoms. The van der Waals surface area contributed by atoms with Gasteiger partial charge in [-0.25, -0.2) is 4.39 Å². The van der Waals surface area contributed by atoms with Crippen molar-refractivity contribution in [3.8, 4) is 5.75 Å². The molecule has 3 aromatic rings. The molecule has 0 saturated carbocycles. The van der Waals surface area contributed by atoms with Crippen LogP contribution in [0.4, 0.5) is 23.2 Å². The molecule has 5 nitrogen and oxygen atoms in total. The molecule has 0 radical (unpaired) electrons. The first kappa shape index (κ1) is 20.7. The third-order valence-electron chi connectivity index (χ3n) is 5.39. The van der Waals surface area contributed by atoms with E-state index >= 15 is 0 Å². The van der Waals surface area contributed by atoms with E-state index in [-0.39, 0.29) is 28.2 Å². The summed E-state index contributed by atoms with van der Waals surface area (Å²) in [5.74, 6) is 0.293. The van der Waals surface area contributed by atoms with Gasteiger partial charge in [-0.15, -0.1) is 10.2 Å². The van der Waals surface area contributed by atoms with E-state index < -0.39 is 12.6 Å². The number of halogens is 5. The average Bonchev–Trinajstić information content (AvgIpc) is 3.10. The Balaban J connectivity index is 1.54. The number of aromatic nitrogens is 3. The van der Waals surface area contributed by atoms with Crippen LogP contribution in [0.15, 0.2) is 30.5 Å². The van der Waals surface area contributed by atoms with Gasteiger partial charge in [-0.05, 0) is 43.0 Å². The summed E-state index contributed by atoms with van der Waals surface area (Å²) in [6.07, 6.45) is -2.53. The first-order valence-electron chi connectivity index (χ1n) is 9.44. The number of rotatable bonds is 4. The van der Waals surface area contributed by atoms with E-state index in [9.17, 15) is 17.6 Å². The number of hydrogen-bond donors (Lipinski definition) is 0. The van der Waals surface area contributed by atoms with Crippen LogP contribution in [0.2, 0.25) is 5.02 Å². The Bertz CT molecular complexity index is 1060. The molecule has 1 fully saturated rings. The smallest absolute Gasteiger partial charge is 0.396 e. The standard InChI is InChI=1S/C20H19ClF4N4O/c1-30-16-3-2-13(22)10-14(16)12-4-7-28(8-5-12)15-6-9-29-17(11-20(23,24)25)26-27-19(29)18(15)21/h2-3,6,9-10,12H,4-5,7-8,11H2,1H3/i1-1. The van der Waals surface area contributed by atoms with Gasteiger partial charge in [-0.1, -0.05) is 11.6 Å². The number of alkyl halides is 3. The molecule has 10 heteroatoms. The molecule has 0 N–H and O–H groups in total. The maximum atomic E-state index is 13.7. The molecule has 0 spiro atoms. The molecule has 0 amide bonds. The molecular formula is C20H19ClF4N4O. The number of benzene rings is 1. The van der Waals surface area contributed by atoms with Gasteiger partial charge in [-0.3, -0.25) is 4.40 Å². The molecule has 1 aliphatic rings. The third kappa shape index (κ3) is 4.03. The second kappa shape index (κ2) is 7.94. The van der Waals surface area contributed by atoms with Crippen molar-refractivity contribution in [2.45, 2.75) is 31.4 Å². The minimum Gasteiger partial charge on any atom is -0.496 e. The van der Waals surface area contributed by atoms with Crippen LogP contribution < -0.4 is 9.64 Å². The summed E-state index contributed by atoms with van der Waals surface area (Å²) >= 11 is 6.47.